The molecule has 18 heavy (non-hydrogen) atoms. The van der Waals surface area contributed by atoms with Crippen molar-refractivity contribution in [3.8, 4) is 0 Å². The number of hydrogen-bond acceptors (Lipinski definition) is 2. The van der Waals surface area contributed by atoms with Crippen LogP contribution in [0.5, 0.6) is 0 Å². The molecular formula is C14H18FNO2. The lowest BCUT2D eigenvalue weighted by atomic mass is 10.0. The van der Waals surface area contributed by atoms with Crippen LogP contribution in [0.3, 0.4) is 0 Å². The van der Waals surface area contributed by atoms with Gasteiger partial charge in [-0.3, -0.25) is 9.69 Å². The van der Waals surface area contributed by atoms with Crippen LogP contribution < -0.4 is 0 Å². The van der Waals surface area contributed by atoms with Crippen LogP contribution >= 0.6 is 0 Å². The number of carbonyl (C=O) groups is 1. The lowest BCUT2D eigenvalue weighted by Crippen LogP contribution is -2.34. The predicted molar refractivity (Wildman–Crippen MR) is 66.8 cm³/mol. The Morgan fingerprint density at radius 2 is 1.89 bits per heavy atom. The fraction of sp³-hybridized carbons (Fsp3) is 0.500. The third-order valence-corrected chi connectivity index (χ3v) is 3.40. The molecule has 1 aromatic rings. The monoisotopic (exact) mass is 251 g/mol. The van der Waals surface area contributed by atoms with Crippen molar-refractivity contribution in [1.82, 2.24) is 4.90 Å². The quantitative estimate of drug-likeness (QED) is 0.898. The van der Waals surface area contributed by atoms with Gasteiger partial charge >= 0.3 is 5.97 Å². The number of nitrogens with zero attached hydrogens (tertiary/aromatic N) is 1. The summed E-state index contributed by atoms with van der Waals surface area (Å²) in [5, 5.41) is 9.40. The molecule has 0 radical (unpaired) electrons. The molecule has 2 rings (SSSR count). The molecule has 98 valence electrons. The van der Waals surface area contributed by atoms with E-state index in [0.717, 1.165) is 38.8 Å². The van der Waals surface area contributed by atoms with Crippen molar-refractivity contribution in [2.24, 2.45) is 0 Å². The Kier molecular flexibility index (Phi) is 4.31. The van der Waals surface area contributed by atoms with Gasteiger partial charge in [-0.15, -0.1) is 0 Å². The average molecular weight is 251 g/mol. The van der Waals surface area contributed by atoms with E-state index in [1.165, 1.54) is 12.1 Å². The zero-order chi connectivity index (χ0) is 13.0. The minimum absolute atomic E-state index is 0.381. The molecule has 4 heteroatoms. The first-order chi connectivity index (χ1) is 8.68. The normalized spacial score (nSPS) is 19.2. The van der Waals surface area contributed by atoms with Crippen LogP contribution in [0.2, 0.25) is 0 Å². The minimum atomic E-state index is -0.900. The van der Waals surface area contributed by atoms with E-state index in [0.29, 0.717) is 5.56 Å². The van der Waals surface area contributed by atoms with Gasteiger partial charge in [0.05, 0.1) is 0 Å². The summed E-state index contributed by atoms with van der Waals surface area (Å²) in [6.45, 7) is 1.54. The Bertz CT molecular complexity index is 414. The SMILES string of the molecule is O=C(O)C(c1cccc(F)c1)N1CCCCCC1. The highest BCUT2D eigenvalue weighted by Gasteiger charge is 2.27. The smallest absolute Gasteiger partial charge is 0.325 e. The summed E-state index contributed by atoms with van der Waals surface area (Å²) >= 11 is 0. The second-order valence-corrected chi connectivity index (χ2v) is 4.75. The first-order valence-corrected chi connectivity index (χ1v) is 6.41. The topological polar surface area (TPSA) is 40.5 Å². The first-order valence-electron chi connectivity index (χ1n) is 6.41. The van der Waals surface area contributed by atoms with Crippen molar-refractivity contribution < 1.29 is 14.3 Å². The zero-order valence-corrected chi connectivity index (χ0v) is 10.3. The summed E-state index contributed by atoms with van der Waals surface area (Å²) < 4.78 is 13.2. The summed E-state index contributed by atoms with van der Waals surface area (Å²) in [6.07, 6.45) is 4.32. The summed E-state index contributed by atoms with van der Waals surface area (Å²) in [5.41, 5.74) is 0.532. The van der Waals surface area contributed by atoms with Crippen LogP contribution in [-0.4, -0.2) is 29.1 Å². The maximum absolute atomic E-state index is 13.2. The van der Waals surface area contributed by atoms with Gasteiger partial charge in [0.25, 0.3) is 0 Å². The highest BCUT2D eigenvalue weighted by atomic mass is 19.1. The highest BCUT2D eigenvalue weighted by molar-refractivity contribution is 5.75. The van der Waals surface area contributed by atoms with E-state index in [4.69, 9.17) is 0 Å². The number of rotatable bonds is 3. The molecule has 0 aliphatic carbocycles. The van der Waals surface area contributed by atoms with Gasteiger partial charge in [0.1, 0.15) is 11.9 Å². The van der Waals surface area contributed by atoms with Crippen LogP contribution in [0.25, 0.3) is 0 Å². The standard InChI is InChI=1S/C14H18FNO2/c15-12-7-5-6-11(10-12)13(14(17)18)16-8-3-1-2-4-9-16/h5-7,10,13H,1-4,8-9H2,(H,17,18). The molecule has 1 fully saturated rings. The van der Waals surface area contributed by atoms with Gasteiger partial charge in [0.15, 0.2) is 0 Å². The molecule has 1 aromatic carbocycles. The second-order valence-electron chi connectivity index (χ2n) is 4.75. The van der Waals surface area contributed by atoms with E-state index in [1.807, 2.05) is 4.90 Å². The third-order valence-electron chi connectivity index (χ3n) is 3.40. The number of likely N-dealkylation sites (tertiary alicyclic amines) is 1. The maximum Gasteiger partial charge on any atom is 0.325 e. The Labute approximate surface area is 106 Å². The molecule has 1 atom stereocenters. The molecular weight excluding hydrogens is 233 g/mol. The van der Waals surface area contributed by atoms with Crippen molar-refractivity contribution in [3.05, 3.63) is 35.6 Å². The molecule has 0 aromatic heterocycles. The van der Waals surface area contributed by atoms with Gasteiger partial charge in [-0.25, -0.2) is 4.39 Å². The molecule has 1 unspecified atom stereocenters. The number of halogens is 1. The number of carboxylic acid groups (broad SMARTS) is 1. The molecule has 1 aliphatic heterocycles. The molecule has 0 amide bonds. The van der Waals surface area contributed by atoms with Gasteiger partial charge < -0.3 is 5.11 Å². The summed E-state index contributed by atoms with van der Waals surface area (Å²) in [6, 6.07) is 5.19. The summed E-state index contributed by atoms with van der Waals surface area (Å²) in [4.78, 5) is 13.4. The summed E-state index contributed by atoms with van der Waals surface area (Å²) in [5.74, 6) is -1.28. The minimum Gasteiger partial charge on any atom is -0.480 e. The van der Waals surface area contributed by atoms with E-state index in [2.05, 4.69) is 0 Å². The molecule has 0 bridgehead atoms. The van der Waals surface area contributed by atoms with Crippen LogP contribution in [-0.2, 0) is 4.79 Å². The number of hydrogen-bond donors (Lipinski definition) is 1. The van der Waals surface area contributed by atoms with Crippen molar-refractivity contribution in [2.45, 2.75) is 31.7 Å². The fourth-order valence-corrected chi connectivity index (χ4v) is 2.54. The molecule has 1 aliphatic rings. The molecule has 1 saturated heterocycles. The van der Waals surface area contributed by atoms with Gasteiger partial charge in [0.2, 0.25) is 0 Å². The largest absolute Gasteiger partial charge is 0.480 e. The van der Waals surface area contributed by atoms with E-state index in [-0.39, 0.29) is 5.82 Å². The van der Waals surface area contributed by atoms with Gasteiger partial charge in [0, 0.05) is 0 Å². The zero-order valence-electron chi connectivity index (χ0n) is 10.3. The van der Waals surface area contributed by atoms with E-state index >= 15 is 0 Å². The molecule has 1 heterocycles. The van der Waals surface area contributed by atoms with E-state index in [9.17, 15) is 14.3 Å². The van der Waals surface area contributed by atoms with Crippen LogP contribution in [0.15, 0.2) is 24.3 Å². The predicted octanol–water partition coefficient (Wildman–Crippen LogP) is 2.83. The van der Waals surface area contributed by atoms with Crippen molar-refractivity contribution in [1.29, 1.82) is 0 Å². The fourth-order valence-electron chi connectivity index (χ4n) is 2.54. The second kappa shape index (κ2) is 5.96. The maximum atomic E-state index is 13.2. The Hall–Kier alpha value is -1.42. The van der Waals surface area contributed by atoms with E-state index < -0.39 is 12.0 Å². The lowest BCUT2D eigenvalue weighted by Gasteiger charge is -2.27. The number of carboxylic acids is 1. The van der Waals surface area contributed by atoms with Gasteiger partial charge in [-0.05, 0) is 43.6 Å². The first kappa shape index (κ1) is 13.0. The number of aliphatic carboxylic acids is 1. The molecule has 0 saturated carbocycles. The van der Waals surface area contributed by atoms with Crippen LogP contribution in [0.1, 0.15) is 37.3 Å². The van der Waals surface area contributed by atoms with Crippen LogP contribution in [0, 0.1) is 5.82 Å². The van der Waals surface area contributed by atoms with Gasteiger partial charge in [-0.2, -0.15) is 0 Å². The van der Waals surface area contributed by atoms with Crippen molar-refractivity contribution >= 4 is 5.97 Å². The molecule has 0 spiro atoms. The Morgan fingerprint density at radius 1 is 1.22 bits per heavy atom. The van der Waals surface area contributed by atoms with Gasteiger partial charge in [-0.1, -0.05) is 25.0 Å². The van der Waals surface area contributed by atoms with E-state index in [1.54, 1.807) is 12.1 Å². The van der Waals surface area contributed by atoms with Crippen molar-refractivity contribution in [2.75, 3.05) is 13.1 Å². The van der Waals surface area contributed by atoms with Crippen LogP contribution in [0.4, 0.5) is 4.39 Å². The Morgan fingerprint density at radius 3 is 2.44 bits per heavy atom. The molecule has 3 nitrogen and oxygen atoms in total. The summed E-state index contributed by atoms with van der Waals surface area (Å²) in [7, 11) is 0. The lowest BCUT2D eigenvalue weighted by molar-refractivity contribution is -0.143. The third kappa shape index (κ3) is 3.07. The Balaban J connectivity index is 2.24. The van der Waals surface area contributed by atoms with Crippen molar-refractivity contribution in [3.63, 3.8) is 0 Å². The highest BCUT2D eigenvalue weighted by Crippen LogP contribution is 2.25. The average Bonchev–Trinajstić information content (AvgIpc) is 2.58. The molecule has 1 N–H and O–H groups in total. The number of benzene rings is 1.